The molecule has 0 radical (unpaired) electrons. The van der Waals surface area contributed by atoms with Gasteiger partial charge in [-0.05, 0) is 12.3 Å². The molecule has 4 heteroatoms. The third-order valence-electron chi connectivity index (χ3n) is 2.89. The van der Waals surface area contributed by atoms with Crippen molar-refractivity contribution in [2.24, 2.45) is 11.8 Å². The van der Waals surface area contributed by atoms with Crippen molar-refractivity contribution >= 4 is 11.7 Å². The monoisotopic (exact) mass is 271 g/mol. The fraction of sp³-hybridized carbons (Fsp3) is 0.867. The Bertz CT molecular complexity index is 262. The first-order valence-corrected chi connectivity index (χ1v) is 7.30. The van der Waals surface area contributed by atoms with Crippen molar-refractivity contribution in [1.29, 1.82) is 0 Å². The summed E-state index contributed by atoms with van der Waals surface area (Å²) in [5, 5.41) is 2.82. The summed E-state index contributed by atoms with van der Waals surface area (Å²) in [6.07, 6.45) is 3.07. The number of carbonyl (C=O) groups excluding carboxylic acids is 2. The molecule has 0 saturated carbocycles. The summed E-state index contributed by atoms with van der Waals surface area (Å²) < 4.78 is 5.31. The van der Waals surface area contributed by atoms with E-state index in [1.54, 1.807) is 0 Å². The van der Waals surface area contributed by atoms with E-state index in [1.165, 1.54) is 0 Å². The van der Waals surface area contributed by atoms with Crippen molar-refractivity contribution in [2.75, 3.05) is 19.8 Å². The Kier molecular flexibility index (Phi) is 10.5. The van der Waals surface area contributed by atoms with Gasteiger partial charge in [0, 0.05) is 25.3 Å². The average Bonchev–Trinajstić information content (AvgIpc) is 2.32. The Morgan fingerprint density at radius 1 is 1.05 bits per heavy atom. The van der Waals surface area contributed by atoms with Crippen molar-refractivity contribution in [3.63, 3.8) is 0 Å². The van der Waals surface area contributed by atoms with Gasteiger partial charge in [-0.2, -0.15) is 0 Å². The number of ketones is 1. The van der Waals surface area contributed by atoms with Crippen LogP contribution in [0.5, 0.6) is 0 Å². The SMILES string of the molecule is CC(C)CCCC(=O)NCCOCCC(=O)C(C)C. The van der Waals surface area contributed by atoms with E-state index in [2.05, 4.69) is 19.2 Å². The molecule has 0 saturated heterocycles. The lowest BCUT2D eigenvalue weighted by atomic mass is 10.1. The number of nitrogens with one attached hydrogen (secondary N) is 1. The molecule has 4 nitrogen and oxygen atoms in total. The van der Waals surface area contributed by atoms with Crippen LogP contribution in [0, 0.1) is 11.8 Å². The number of amides is 1. The van der Waals surface area contributed by atoms with Gasteiger partial charge in [-0.15, -0.1) is 0 Å². The van der Waals surface area contributed by atoms with Crippen LogP contribution in [-0.4, -0.2) is 31.4 Å². The van der Waals surface area contributed by atoms with E-state index in [0.717, 1.165) is 12.8 Å². The summed E-state index contributed by atoms with van der Waals surface area (Å²) in [5.74, 6) is 1.03. The van der Waals surface area contributed by atoms with Gasteiger partial charge in [0.2, 0.25) is 5.91 Å². The van der Waals surface area contributed by atoms with Crippen LogP contribution in [0.15, 0.2) is 0 Å². The molecule has 1 amide bonds. The molecule has 112 valence electrons. The van der Waals surface area contributed by atoms with E-state index in [9.17, 15) is 9.59 Å². The standard InChI is InChI=1S/C15H29NO3/c1-12(2)6-5-7-15(18)16-9-11-19-10-8-14(17)13(3)4/h12-13H,5-11H2,1-4H3,(H,16,18). The van der Waals surface area contributed by atoms with Gasteiger partial charge in [-0.25, -0.2) is 0 Å². The van der Waals surface area contributed by atoms with Crippen molar-refractivity contribution < 1.29 is 14.3 Å². The predicted octanol–water partition coefficient (Wildman–Crippen LogP) is 2.56. The highest BCUT2D eigenvalue weighted by Crippen LogP contribution is 2.05. The Labute approximate surface area is 117 Å². The summed E-state index contributed by atoms with van der Waals surface area (Å²) in [6.45, 7) is 9.53. The Hall–Kier alpha value is -0.900. The Morgan fingerprint density at radius 2 is 1.74 bits per heavy atom. The van der Waals surface area contributed by atoms with Crippen LogP contribution in [0.1, 0.15) is 53.4 Å². The molecule has 0 unspecified atom stereocenters. The van der Waals surface area contributed by atoms with E-state index in [0.29, 0.717) is 38.5 Å². The molecule has 0 aromatic heterocycles. The number of hydrogen-bond donors (Lipinski definition) is 1. The average molecular weight is 271 g/mol. The van der Waals surface area contributed by atoms with Gasteiger partial charge in [-0.3, -0.25) is 9.59 Å². The molecule has 0 aliphatic rings. The summed E-state index contributed by atoms with van der Waals surface area (Å²) in [4.78, 5) is 22.7. The fourth-order valence-electron chi connectivity index (χ4n) is 1.59. The lowest BCUT2D eigenvalue weighted by Gasteiger charge is -2.08. The largest absolute Gasteiger partial charge is 0.379 e. The molecule has 0 spiro atoms. The highest BCUT2D eigenvalue weighted by atomic mass is 16.5. The maximum Gasteiger partial charge on any atom is 0.220 e. The third kappa shape index (κ3) is 11.9. The minimum Gasteiger partial charge on any atom is -0.379 e. The highest BCUT2D eigenvalue weighted by Gasteiger charge is 2.06. The highest BCUT2D eigenvalue weighted by molar-refractivity contribution is 5.80. The molecule has 0 heterocycles. The van der Waals surface area contributed by atoms with E-state index in [-0.39, 0.29) is 17.6 Å². The molecule has 0 aromatic rings. The molecule has 19 heavy (non-hydrogen) atoms. The Balaban J connectivity index is 3.34. The molecule has 0 atom stereocenters. The van der Waals surface area contributed by atoms with Crippen LogP contribution in [0.2, 0.25) is 0 Å². The van der Waals surface area contributed by atoms with Gasteiger partial charge in [-0.1, -0.05) is 34.1 Å². The lowest BCUT2D eigenvalue weighted by Crippen LogP contribution is -2.27. The zero-order chi connectivity index (χ0) is 14.7. The second-order valence-electron chi connectivity index (χ2n) is 5.62. The summed E-state index contributed by atoms with van der Waals surface area (Å²) >= 11 is 0. The number of ether oxygens (including phenoxy) is 1. The second-order valence-corrected chi connectivity index (χ2v) is 5.62. The van der Waals surface area contributed by atoms with Gasteiger partial charge in [0.1, 0.15) is 5.78 Å². The first kappa shape index (κ1) is 18.1. The van der Waals surface area contributed by atoms with E-state index >= 15 is 0 Å². The topological polar surface area (TPSA) is 55.4 Å². The van der Waals surface area contributed by atoms with Gasteiger partial charge >= 0.3 is 0 Å². The fourth-order valence-corrected chi connectivity index (χ4v) is 1.59. The summed E-state index contributed by atoms with van der Waals surface area (Å²) in [5.41, 5.74) is 0. The lowest BCUT2D eigenvalue weighted by molar-refractivity contribution is -0.123. The van der Waals surface area contributed by atoms with Gasteiger partial charge in [0.05, 0.1) is 13.2 Å². The smallest absolute Gasteiger partial charge is 0.220 e. The molecular weight excluding hydrogens is 242 g/mol. The maximum atomic E-state index is 11.4. The van der Waals surface area contributed by atoms with Gasteiger partial charge < -0.3 is 10.1 Å². The normalized spacial score (nSPS) is 11.1. The molecule has 0 aromatic carbocycles. The molecule has 0 aliphatic heterocycles. The maximum absolute atomic E-state index is 11.4. The van der Waals surface area contributed by atoms with Crippen LogP contribution in [0.25, 0.3) is 0 Å². The van der Waals surface area contributed by atoms with Crippen LogP contribution in [0.3, 0.4) is 0 Å². The second kappa shape index (κ2) is 11.0. The first-order valence-electron chi connectivity index (χ1n) is 7.30. The van der Waals surface area contributed by atoms with Gasteiger partial charge in [0.15, 0.2) is 0 Å². The van der Waals surface area contributed by atoms with Crippen LogP contribution >= 0.6 is 0 Å². The molecule has 0 fully saturated rings. The van der Waals surface area contributed by atoms with Crippen molar-refractivity contribution in [2.45, 2.75) is 53.4 Å². The number of rotatable bonds is 11. The number of Topliss-reactive ketones (excluding diaryl/α,β-unsaturated/α-hetero) is 1. The summed E-state index contributed by atoms with van der Waals surface area (Å²) in [7, 11) is 0. The van der Waals surface area contributed by atoms with Crippen molar-refractivity contribution in [3.05, 3.63) is 0 Å². The van der Waals surface area contributed by atoms with Crippen LogP contribution in [-0.2, 0) is 14.3 Å². The van der Waals surface area contributed by atoms with E-state index in [1.807, 2.05) is 13.8 Å². The number of carbonyl (C=O) groups is 2. The van der Waals surface area contributed by atoms with E-state index in [4.69, 9.17) is 4.74 Å². The quantitative estimate of drug-likeness (QED) is 0.588. The molecule has 0 aliphatic carbocycles. The minimum atomic E-state index is 0.0734. The predicted molar refractivity (Wildman–Crippen MR) is 77.0 cm³/mol. The third-order valence-corrected chi connectivity index (χ3v) is 2.89. The minimum absolute atomic E-state index is 0.0734. The molecule has 0 rings (SSSR count). The van der Waals surface area contributed by atoms with Crippen molar-refractivity contribution in [1.82, 2.24) is 5.32 Å². The summed E-state index contributed by atoms with van der Waals surface area (Å²) in [6, 6.07) is 0. The van der Waals surface area contributed by atoms with Crippen molar-refractivity contribution in [3.8, 4) is 0 Å². The Morgan fingerprint density at radius 3 is 2.32 bits per heavy atom. The van der Waals surface area contributed by atoms with Crippen LogP contribution < -0.4 is 5.32 Å². The first-order chi connectivity index (χ1) is 8.93. The molecule has 1 N–H and O–H groups in total. The number of hydrogen-bond acceptors (Lipinski definition) is 3. The molecular formula is C15H29NO3. The van der Waals surface area contributed by atoms with E-state index < -0.39 is 0 Å². The zero-order valence-corrected chi connectivity index (χ0v) is 12.8. The van der Waals surface area contributed by atoms with Gasteiger partial charge in [0.25, 0.3) is 0 Å². The van der Waals surface area contributed by atoms with Crippen LogP contribution in [0.4, 0.5) is 0 Å². The molecule has 0 bridgehead atoms. The zero-order valence-electron chi connectivity index (χ0n) is 12.8.